The van der Waals surface area contributed by atoms with Crippen molar-refractivity contribution in [1.82, 2.24) is 0 Å². The third-order valence-electron chi connectivity index (χ3n) is 0.721. The van der Waals surface area contributed by atoms with E-state index in [1.165, 1.54) is 22.0 Å². The molecule has 0 saturated heterocycles. The zero-order valence-corrected chi connectivity index (χ0v) is 10.2. The maximum Gasteiger partial charge on any atom is 0.510 e. The Bertz CT molecular complexity index is 211. The number of carbonyl (C=O) groups is 1. The van der Waals surface area contributed by atoms with E-state index in [1.54, 1.807) is 13.8 Å². The van der Waals surface area contributed by atoms with Crippen LogP contribution >= 0.6 is 27.3 Å². The van der Waals surface area contributed by atoms with Gasteiger partial charge in [0.05, 0.1) is 28.1 Å². The van der Waals surface area contributed by atoms with Gasteiger partial charge in [0.25, 0.3) is 0 Å². The molecule has 0 aromatic heterocycles. The Hall–Kier alpha value is 0.150. The third kappa shape index (κ3) is 10.1. The minimum Gasteiger partial charge on any atom is -0.432 e. The molecule has 0 amide bonds. The summed E-state index contributed by atoms with van der Waals surface area (Å²) >= 11 is 1.21. The van der Waals surface area contributed by atoms with Crippen LogP contribution in [-0.2, 0) is 18.6 Å². The molecule has 6 nitrogen and oxygen atoms in total. The van der Waals surface area contributed by atoms with Crippen LogP contribution in [-0.4, -0.2) is 23.9 Å². The van der Waals surface area contributed by atoms with E-state index in [4.69, 9.17) is 4.89 Å². The molecule has 1 atom stereocenters. The minimum absolute atomic E-state index is 0.298. The third-order valence-corrected chi connectivity index (χ3v) is 1.98. The van der Waals surface area contributed by atoms with Crippen LogP contribution < -0.4 is 0 Å². The second-order valence-corrected chi connectivity index (χ2v) is 7.08. The van der Waals surface area contributed by atoms with Crippen molar-refractivity contribution in [2.45, 2.75) is 20.0 Å². The van der Waals surface area contributed by atoms with Gasteiger partial charge in [0, 0.05) is 0 Å². The summed E-state index contributed by atoms with van der Waals surface area (Å²) in [5, 5.41) is -3.62. The lowest BCUT2D eigenvalue weighted by Gasteiger charge is -2.08. The summed E-state index contributed by atoms with van der Waals surface area (Å²) in [7, 11) is 0. The smallest absolute Gasteiger partial charge is 0.432 e. The predicted molar refractivity (Wildman–Crippen MR) is 52.5 cm³/mol. The van der Waals surface area contributed by atoms with Crippen LogP contribution in [0.2, 0.25) is 0 Å². The van der Waals surface area contributed by atoms with Crippen molar-refractivity contribution < 1.29 is 28.3 Å². The normalized spacial score (nSPS) is 15.2. The number of hydrogen-bond acceptors (Lipinski definition) is 5. The quantitative estimate of drug-likeness (QED) is 0.369. The lowest BCUT2D eigenvalue weighted by Crippen LogP contribution is -2.14. The minimum atomic E-state index is -3.62. The molecule has 0 aromatic carbocycles. The SMILES string of the molecule is CC(C)OC(=O)OCOP(=O)(O)I. The van der Waals surface area contributed by atoms with Crippen molar-refractivity contribution in [3.63, 3.8) is 0 Å². The van der Waals surface area contributed by atoms with Crippen LogP contribution in [0, 0.1) is 0 Å². The number of carbonyl (C=O) groups excluding carboxylic acids is 1. The molecule has 0 aliphatic carbocycles. The van der Waals surface area contributed by atoms with Gasteiger partial charge in [0.1, 0.15) is 0 Å². The fourth-order valence-corrected chi connectivity index (χ4v) is 0.890. The number of rotatable bonds is 4. The largest absolute Gasteiger partial charge is 0.510 e. The van der Waals surface area contributed by atoms with E-state index < -0.39 is 18.2 Å². The highest BCUT2D eigenvalue weighted by atomic mass is 127. The molecule has 0 spiro atoms. The average molecular weight is 324 g/mol. The van der Waals surface area contributed by atoms with Crippen LogP contribution in [0.4, 0.5) is 4.79 Å². The number of ether oxygens (including phenoxy) is 2. The predicted octanol–water partition coefficient (Wildman–Crippen LogP) is 2.06. The van der Waals surface area contributed by atoms with Gasteiger partial charge >= 0.3 is 11.4 Å². The van der Waals surface area contributed by atoms with E-state index in [-0.39, 0.29) is 6.10 Å². The van der Waals surface area contributed by atoms with Crippen LogP contribution in [0.15, 0.2) is 0 Å². The molecule has 78 valence electrons. The second kappa shape index (κ2) is 5.79. The first-order chi connectivity index (χ1) is 5.81. The fourth-order valence-electron chi connectivity index (χ4n) is 0.366. The molecule has 0 radical (unpaired) electrons. The number of hydrogen-bond donors (Lipinski definition) is 1. The molecule has 0 saturated carbocycles. The molecular formula is C5H10IO6P. The van der Waals surface area contributed by atoms with Gasteiger partial charge in [-0.15, -0.1) is 0 Å². The van der Waals surface area contributed by atoms with Gasteiger partial charge in [-0.25, -0.2) is 9.36 Å². The Morgan fingerprint density at radius 1 is 1.62 bits per heavy atom. The molecule has 0 aliphatic rings. The van der Waals surface area contributed by atoms with Crippen molar-refractivity contribution in [3.05, 3.63) is 0 Å². The van der Waals surface area contributed by atoms with E-state index in [1.807, 2.05) is 0 Å². The van der Waals surface area contributed by atoms with Crippen molar-refractivity contribution in [2.75, 3.05) is 6.79 Å². The Balaban J connectivity index is 3.55. The van der Waals surface area contributed by atoms with Gasteiger partial charge < -0.3 is 14.4 Å². The summed E-state index contributed by atoms with van der Waals surface area (Å²) < 4.78 is 23.6. The lowest BCUT2D eigenvalue weighted by atomic mass is 10.5. The van der Waals surface area contributed by atoms with Crippen LogP contribution in [0.5, 0.6) is 0 Å². The van der Waals surface area contributed by atoms with E-state index >= 15 is 0 Å². The second-order valence-electron chi connectivity index (χ2n) is 2.26. The van der Waals surface area contributed by atoms with E-state index in [2.05, 4.69) is 14.0 Å². The Labute approximate surface area is 88.6 Å². The fraction of sp³-hybridized carbons (Fsp3) is 0.800. The Morgan fingerprint density at radius 3 is 2.54 bits per heavy atom. The summed E-state index contributed by atoms with van der Waals surface area (Å²) in [5.41, 5.74) is 0. The van der Waals surface area contributed by atoms with Gasteiger partial charge in [0.2, 0.25) is 6.79 Å². The highest BCUT2D eigenvalue weighted by Crippen LogP contribution is 2.50. The molecule has 1 unspecified atom stereocenters. The van der Waals surface area contributed by atoms with Crippen molar-refractivity contribution >= 4 is 33.4 Å². The molecule has 0 aliphatic heterocycles. The zero-order valence-electron chi connectivity index (χ0n) is 7.10. The topological polar surface area (TPSA) is 82.1 Å². The maximum atomic E-state index is 10.6. The van der Waals surface area contributed by atoms with Gasteiger partial charge in [-0.1, -0.05) is 0 Å². The van der Waals surface area contributed by atoms with Crippen molar-refractivity contribution in [2.24, 2.45) is 0 Å². The Morgan fingerprint density at radius 2 is 2.15 bits per heavy atom. The first-order valence-corrected chi connectivity index (χ1v) is 7.68. The summed E-state index contributed by atoms with van der Waals surface area (Å²) in [6.07, 6.45) is -1.23. The van der Waals surface area contributed by atoms with Crippen molar-refractivity contribution in [1.29, 1.82) is 0 Å². The highest BCUT2D eigenvalue weighted by molar-refractivity contribution is 14.2. The molecule has 0 heterocycles. The molecule has 13 heavy (non-hydrogen) atoms. The highest BCUT2D eigenvalue weighted by Gasteiger charge is 2.14. The number of halogens is 1. The van der Waals surface area contributed by atoms with E-state index in [0.717, 1.165) is 0 Å². The van der Waals surface area contributed by atoms with Gasteiger partial charge in [-0.05, 0) is 13.8 Å². The van der Waals surface area contributed by atoms with Crippen LogP contribution in [0.25, 0.3) is 0 Å². The zero-order chi connectivity index (χ0) is 10.5. The first-order valence-electron chi connectivity index (χ1n) is 3.31. The molecule has 0 bridgehead atoms. The molecular weight excluding hydrogens is 314 g/mol. The summed E-state index contributed by atoms with van der Waals surface area (Å²) in [5.74, 6) is 0. The molecule has 8 heteroatoms. The van der Waals surface area contributed by atoms with Crippen molar-refractivity contribution in [3.8, 4) is 0 Å². The standard InChI is InChI=1S/C5H10IO6P/c1-4(2)12-5(7)10-3-11-13(6,8)9/h4H,3H2,1-2H3,(H,8,9). The molecule has 0 aromatic rings. The van der Waals surface area contributed by atoms with Gasteiger partial charge in [-0.2, -0.15) is 0 Å². The summed E-state index contributed by atoms with van der Waals surface area (Å²) in [4.78, 5) is 19.2. The maximum absolute atomic E-state index is 10.6. The molecule has 0 fully saturated rings. The monoisotopic (exact) mass is 324 g/mol. The summed E-state index contributed by atoms with van der Waals surface area (Å²) in [6, 6.07) is 0. The first kappa shape index (κ1) is 13.2. The Kier molecular flexibility index (Phi) is 5.86. The molecule has 1 N–H and O–H groups in total. The average Bonchev–Trinajstić information content (AvgIpc) is 1.81. The summed E-state index contributed by atoms with van der Waals surface area (Å²) in [6.45, 7) is 2.71. The molecule has 0 rings (SSSR count). The van der Waals surface area contributed by atoms with E-state index in [9.17, 15) is 9.36 Å². The van der Waals surface area contributed by atoms with Crippen LogP contribution in [0.1, 0.15) is 13.8 Å². The van der Waals surface area contributed by atoms with Gasteiger partial charge in [0.15, 0.2) is 0 Å². The van der Waals surface area contributed by atoms with Gasteiger partial charge in [-0.3, -0.25) is 4.52 Å². The van der Waals surface area contributed by atoms with E-state index in [0.29, 0.717) is 0 Å². The van der Waals surface area contributed by atoms with Crippen LogP contribution in [0.3, 0.4) is 0 Å². The lowest BCUT2D eigenvalue weighted by molar-refractivity contribution is -0.00885.